The lowest BCUT2D eigenvalue weighted by Gasteiger charge is -2.38. The summed E-state index contributed by atoms with van der Waals surface area (Å²) in [5, 5.41) is 18.2. The van der Waals surface area contributed by atoms with Gasteiger partial charge in [-0.2, -0.15) is 4.98 Å². The van der Waals surface area contributed by atoms with E-state index in [0.717, 1.165) is 5.56 Å². The molecule has 1 aliphatic heterocycles. The number of likely N-dealkylation sites (tertiary alicyclic amines) is 1. The van der Waals surface area contributed by atoms with Gasteiger partial charge >= 0.3 is 6.03 Å². The second-order valence-electron chi connectivity index (χ2n) is 6.60. The molecule has 2 heterocycles. The molecule has 1 saturated heterocycles. The Morgan fingerprint density at radius 2 is 2.04 bits per heavy atom. The fourth-order valence-electron chi connectivity index (χ4n) is 3.05. The number of rotatable bonds is 4. The average molecular weight is 379 g/mol. The van der Waals surface area contributed by atoms with Crippen molar-refractivity contribution in [3.63, 3.8) is 0 Å². The van der Waals surface area contributed by atoms with Gasteiger partial charge in [-0.05, 0) is 37.5 Å². The molecule has 0 bridgehead atoms. The Morgan fingerprint density at radius 1 is 1.38 bits per heavy atom. The summed E-state index contributed by atoms with van der Waals surface area (Å²) in [7, 11) is 0. The third-order valence-corrected chi connectivity index (χ3v) is 5.02. The van der Waals surface area contributed by atoms with Gasteiger partial charge in [-0.3, -0.25) is 0 Å². The lowest BCUT2D eigenvalue weighted by atomic mass is 9.84. The number of hydrogen-bond donors (Lipinski definition) is 2. The standard InChI is InChI=1S/C18H23ClN4O3/c1-3-15-21-16(26-22-15)12(2)20-17(24)23-10-8-18(25,9-11-23)13-4-6-14(19)7-5-13/h4-7,12,25H,3,8-11H2,1-2H3,(H,20,24)/t12-/m1/s1. The van der Waals surface area contributed by atoms with E-state index in [-0.39, 0.29) is 12.1 Å². The van der Waals surface area contributed by atoms with Crippen molar-refractivity contribution in [2.75, 3.05) is 13.1 Å². The van der Waals surface area contributed by atoms with Crippen LogP contribution in [0, 0.1) is 0 Å². The van der Waals surface area contributed by atoms with Crippen molar-refractivity contribution >= 4 is 17.6 Å². The molecule has 2 N–H and O–H groups in total. The van der Waals surface area contributed by atoms with Crippen molar-refractivity contribution < 1.29 is 14.4 Å². The largest absolute Gasteiger partial charge is 0.385 e. The SMILES string of the molecule is CCc1noc([C@@H](C)NC(=O)N2CCC(O)(c3ccc(Cl)cc3)CC2)n1. The summed E-state index contributed by atoms with van der Waals surface area (Å²) in [5.74, 6) is 1.01. The average Bonchev–Trinajstić information content (AvgIpc) is 3.12. The smallest absolute Gasteiger partial charge is 0.318 e. The third kappa shape index (κ3) is 3.99. The summed E-state index contributed by atoms with van der Waals surface area (Å²) in [4.78, 5) is 18.4. The number of halogens is 1. The van der Waals surface area contributed by atoms with Crippen molar-refractivity contribution in [2.24, 2.45) is 0 Å². The van der Waals surface area contributed by atoms with Gasteiger partial charge in [0, 0.05) is 24.5 Å². The van der Waals surface area contributed by atoms with Gasteiger partial charge in [-0.25, -0.2) is 4.79 Å². The van der Waals surface area contributed by atoms with Crippen molar-refractivity contribution in [1.29, 1.82) is 0 Å². The van der Waals surface area contributed by atoms with E-state index in [1.165, 1.54) is 0 Å². The first-order valence-electron chi connectivity index (χ1n) is 8.77. The zero-order valence-corrected chi connectivity index (χ0v) is 15.7. The van der Waals surface area contributed by atoms with Crippen LogP contribution in [0.4, 0.5) is 4.79 Å². The highest BCUT2D eigenvalue weighted by molar-refractivity contribution is 6.30. The number of nitrogens with zero attached hydrogens (tertiary/aromatic N) is 3. The number of carbonyl (C=O) groups is 1. The second-order valence-corrected chi connectivity index (χ2v) is 7.04. The summed E-state index contributed by atoms with van der Waals surface area (Å²) >= 11 is 5.91. The molecule has 0 saturated carbocycles. The lowest BCUT2D eigenvalue weighted by molar-refractivity contribution is -0.0170. The van der Waals surface area contributed by atoms with Crippen molar-refractivity contribution in [3.8, 4) is 0 Å². The van der Waals surface area contributed by atoms with Crippen molar-refractivity contribution in [3.05, 3.63) is 46.6 Å². The van der Waals surface area contributed by atoms with Gasteiger partial charge in [-0.1, -0.05) is 35.8 Å². The zero-order chi connectivity index (χ0) is 18.7. The number of benzene rings is 1. The lowest BCUT2D eigenvalue weighted by Crippen LogP contribution is -2.49. The molecule has 3 rings (SSSR count). The molecule has 0 aliphatic carbocycles. The van der Waals surface area contributed by atoms with E-state index < -0.39 is 5.60 Å². The Bertz CT molecular complexity index is 754. The van der Waals surface area contributed by atoms with Crippen molar-refractivity contribution in [1.82, 2.24) is 20.4 Å². The van der Waals surface area contributed by atoms with Gasteiger partial charge in [-0.15, -0.1) is 0 Å². The number of aryl methyl sites for hydroxylation is 1. The minimum absolute atomic E-state index is 0.202. The summed E-state index contributed by atoms with van der Waals surface area (Å²) in [6.45, 7) is 4.66. The maximum Gasteiger partial charge on any atom is 0.318 e. The minimum Gasteiger partial charge on any atom is -0.385 e. The molecule has 1 fully saturated rings. The number of amides is 2. The van der Waals surface area contributed by atoms with Gasteiger partial charge in [0.25, 0.3) is 0 Å². The monoisotopic (exact) mass is 378 g/mol. The van der Waals surface area contributed by atoms with Gasteiger partial charge in [0.15, 0.2) is 5.82 Å². The molecule has 1 aromatic carbocycles. The van der Waals surface area contributed by atoms with E-state index in [2.05, 4.69) is 15.5 Å². The fraction of sp³-hybridized carbons (Fsp3) is 0.500. The summed E-state index contributed by atoms with van der Waals surface area (Å²) < 4.78 is 5.16. The van der Waals surface area contributed by atoms with E-state index in [1.807, 2.05) is 19.1 Å². The van der Waals surface area contributed by atoms with Crippen LogP contribution in [0.3, 0.4) is 0 Å². The van der Waals surface area contributed by atoms with E-state index in [0.29, 0.717) is 49.1 Å². The van der Waals surface area contributed by atoms with Gasteiger partial charge in [0.2, 0.25) is 5.89 Å². The Labute approximate surface area is 157 Å². The van der Waals surface area contributed by atoms with Crippen LogP contribution in [-0.4, -0.2) is 39.3 Å². The van der Waals surface area contributed by atoms with E-state index >= 15 is 0 Å². The van der Waals surface area contributed by atoms with Crippen LogP contribution in [0.2, 0.25) is 5.02 Å². The maximum absolute atomic E-state index is 12.5. The molecule has 1 atom stereocenters. The molecule has 2 amide bonds. The highest BCUT2D eigenvalue weighted by Gasteiger charge is 2.35. The topological polar surface area (TPSA) is 91.5 Å². The molecule has 8 heteroatoms. The predicted molar refractivity (Wildman–Crippen MR) is 96.8 cm³/mol. The molecule has 0 spiro atoms. The number of hydrogen-bond acceptors (Lipinski definition) is 5. The predicted octanol–water partition coefficient (Wildman–Crippen LogP) is 3.04. The number of carbonyl (C=O) groups excluding carboxylic acids is 1. The molecule has 0 unspecified atom stereocenters. The quantitative estimate of drug-likeness (QED) is 0.853. The highest BCUT2D eigenvalue weighted by Crippen LogP contribution is 2.33. The van der Waals surface area contributed by atoms with Crippen molar-refractivity contribution in [2.45, 2.75) is 44.8 Å². The van der Waals surface area contributed by atoms with Crippen LogP contribution < -0.4 is 5.32 Å². The molecule has 0 radical (unpaired) electrons. The van der Waals surface area contributed by atoms with E-state index in [9.17, 15) is 9.90 Å². The molecule has 7 nitrogen and oxygen atoms in total. The summed E-state index contributed by atoms with van der Waals surface area (Å²) in [5.41, 5.74) is -0.108. The fourth-order valence-corrected chi connectivity index (χ4v) is 3.18. The van der Waals surface area contributed by atoms with Crippen LogP contribution in [0.15, 0.2) is 28.8 Å². The number of aromatic nitrogens is 2. The normalized spacial score (nSPS) is 17.8. The minimum atomic E-state index is -0.935. The van der Waals surface area contributed by atoms with Crippen LogP contribution >= 0.6 is 11.6 Å². The first kappa shape index (κ1) is 18.7. The molecular weight excluding hydrogens is 356 g/mol. The Morgan fingerprint density at radius 3 is 2.62 bits per heavy atom. The Kier molecular flexibility index (Phi) is 5.48. The van der Waals surface area contributed by atoms with Gasteiger partial charge in [0.1, 0.15) is 6.04 Å². The second kappa shape index (κ2) is 7.63. The highest BCUT2D eigenvalue weighted by atomic mass is 35.5. The molecule has 140 valence electrons. The Hall–Kier alpha value is -2.12. The molecule has 1 aliphatic rings. The summed E-state index contributed by atoms with van der Waals surface area (Å²) in [6.07, 6.45) is 1.62. The molecular formula is C18H23ClN4O3. The van der Waals surface area contributed by atoms with Crippen LogP contribution in [-0.2, 0) is 12.0 Å². The van der Waals surface area contributed by atoms with E-state index in [1.54, 1.807) is 24.0 Å². The number of piperidine rings is 1. The van der Waals surface area contributed by atoms with Gasteiger partial charge < -0.3 is 19.8 Å². The van der Waals surface area contributed by atoms with Crippen LogP contribution in [0.1, 0.15) is 50.0 Å². The van der Waals surface area contributed by atoms with Gasteiger partial charge in [0.05, 0.1) is 5.60 Å². The molecule has 26 heavy (non-hydrogen) atoms. The summed E-state index contributed by atoms with van der Waals surface area (Å²) in [6, 6.07) is 6.64. The number of nitrogens with one attached hydrogen (secondary N) is 1. The number of urea groups is 1. The number of aliphatic hydroxyl groups is 1. The first-order chi connectivity index (χ1) is 12.4. The van der Waals surface area contributed by atoms with Crippen LogP contribution in [0.5, 0.6) is 0 Å². The first-order valence-corrected chi connectivity index (χ1v) is 9.15. The zero-order valence-electron chi connectivity index (χ0n) is 14.9. The Balaban J connectivity index is 1.57. The molecule has 2 aromatic rings. The van der Waals surface area contributed by atoms with Crippen LogP contribution in [0.25, 0.3) is 0 Å². The maximum atomic E-state index is 12.5. The van der Waals surface area contributed by atoms with E-state index in [4.69, 9.17) is 16.1 Å². The third-order valence-electron chi connectivity index (χ3n) is 4.77. The molecule has 1 aromatic heterocycles.